The van der Waals surface area contributed by atoms with Crippen molar-refractivity contribution in [1.29, 1.82) is 0 Å². The molecule has 0 fully saturated rings. The monoisotopic (exact) mass is 474 g/mol. The molecule has 0 bridgehead atoms. The molecule has 0 saturated heterocycles. The van der Waals surface area contributed by atoms with E-state index in [9.17, 15) is 13.2 Å². The Labute approximate surface area is 192 Å². The van der Waals surface area contributed by atoms with Crippen LogP contribution in [0.4, 0.5) is 5.69 Å². The number of benzene rings is 3. The fourth-order valence-electron chi connectivity index (χ4n) is 3.08. The second-order valence-corrected chi connectivity index (χ2v) is 9.00. The minimum absolute atomic E-state index is 0.119. The lowest BCUT2D eigenvalue weighted by Crippen LogP contribution is -2.45. The van der Waals surface area contributed by atoms with E-state index in [1.807, 2.05) is 30.3 Å². The number of amides is 1. The molecule has 0 aliphatic carbocycles. The zero-order valence-electron chi connectivity index (χ0n) is 17.5. The lowest BCUT2D eigenvalue weighted by Gasteiger charge is -2.20. The molecule has 0 saturated carbocycles. The number of carbonyl (C=O) groups excluding carboxylic acids is 1. The highest BCUT2D eigenvalue weighted by Crippen LogP contribution is 2.27. The summed E-state index contributed by atoms with van der Waals surface area (Å²) in [4.78, 5) is 13.0. The van der Waals surface area contributed by atoms with Gasteiger partial charge in [-0.25, -0.2) is 8.42 Å². The molecule has 3 rings (SSSR count). The van der Waals surface area contributed by atoms with Crippen molar-refractivity contribution < 1.29 is 22.7 Å². The molecule has 0 aliphatic rings. The normalized spacial score (nSPS) is 12.1. The van der Waals surface area contributed by atoms with Crippen LogP contribution in [0.25, 0.3) is 0 Å². The van der Waals surface area contributed by atoms with Crippen LogP contribution in [0, 0.1) is 0 Å². The summed E-state index contributed by atoms with van der Waals surface area (Å²) in [5, 5.41) is 2.98. The second kappa shape index (κ2) is 10.5. The first-order chi connectivity index (χ1) is 15.3. The third-order valence-corrected chi connectivity index (χ3v) is 6.38. The van der Waals surface area contributed by atoms with Gasteiger partial charge in [0.05, 0.1) is 14.2 Å². The standard InChI is InChI=1S/C23H23ClN2O5S/c1-30-19-10-6-9-18(15-19)25-23(27)20(13-16-7-4-3-5-8-16)26-32(28,29)22-14-17(24)11-12-21(22)31-2/h3-12,14-15,20,26H,13H2,1-2H3,(H,25,27). The van der Waals surface area contributed by atoms with Crippen LogP contribution in [0.5, 0.6) is 11.5 Å². The molecule has 7 nitrogen and oxygen atoms in total. The first-order valence-corrected chi connectivity index (χ1v) is 11.5. The summed E-state index contributed by atoms with van der Waals surface area (Å²) >= 11 is 6.01. The van der Waals surface area contributed by atoms with Crippen molar-refractivity contribution >= 4 is 33.2 Å². The van der Waals surface area contributed by atoms with Crippen LogP contribution in [0.3, 0.4) is 0 Å². The first kappa shape index (κ1) is 23.6. The Morgan fingerprint density at radius 2 is 1.72 bits per heavy atom. The Bertz CT molecular complexity index is 1190. The van der Waals surface area contributed by atoms with Crippen molar-refractivity contribution in [3.8, 4) is 11.5 Å². The van der Waals surface area contributed by atoms with Crippen molar-refractivity contribution in [2.24, 2.45) is 0 Å². The maximum Gasteiger partial charge on any atom is 0.245 e. The van der Waals surface area contributed by atoms with Gasteiger partial charge in [-0.05, 0) is 42.3 Å². The minimum atomic E-state index is -4.14. The molecule has 3 aromatic carbocycles. The van der Waals surface area contributed by atoms with E-state index >= 15 is 0 Å². The van der Waals surface area contributed by atoms with E-state index in [1.165, 1.54) is 32.4 Å². The van der Waals surface area contributed by atoms with Gasteiger partial charge >= 0.3 is 0 Å². The van der Waals surface area contributed by atoms with Gasteiger partial charge in [-0.15, -0.1) is 0 Å². The number of carbonyl (C=O) groups is 1. The molecule has 3 aromatic rings. The average molecular weight is 475 g/mol. The predicted octanol–water partition coefficient (Wildman–Crippen LogP) is 3.89. The summed E-state index contributed by atoms with van der Waals surface area (Å²) in [7, 11) is -1.26. The number of rotatable bonds is 9. The van der Waals surface area contributed by atoms with E-state index in [4.69, 9.17) is 21.1 Å². The Kier molecular flexibility index (Phi) is 7.74. The summed E-state index contributed by atoms with van der Waals surface area (Å²) < 4.78 is 39.2. The van der Waals surface area contributed by atoms with E-state index in [2.05, 4.69) is 10.0 Å². The van der Waals surface area contributed by atoms with Gasteiger partial charge in [0.15, 0.2) is 0 Å². The molecule has 168 valence electrons. The van der Waals surface area contributed by atoms with Crippen LogP contribution in [0.1, 0.15) is 5.56 Å². The number of hydrogen-bond acceptors (Lipinski definition) is 5. The van der Waals surface area contributed by atoms with E-state index in [0.717, 1.165) is 5.56 Å². The quantitative estimate of drug-likeness (QED) is 0.490. The molecule has 1 amide bonds. The molecule has 1 unspecified atom stereocenters. The fourth-order valence-corrected chi connectivity index (χ4v) is 4.71. The van der Waals surface area contributed by atoms with E-state index < -0.39 is 22.0 Å². The number of sulfonamides is 1. The lowest BCUT2D eigenvalue weighted by atomic mass is 10.1. The predicted molar refractivity (Wildman–Crippen MR) is 124 cm³/mol. The van der Waals surface area contributed by atoms with E-state index in [0.29, 0.717) is 11.4 Å². The first-order valence-electron chi connectivity index (χ1n) is 9.67. The summed E-state index contributed by atoms with van der Waals surface area (Å²) in [6.45, 7) is 0. The Morgan fingerprint density at radius 1 is 0.969 bits per heavy atom. The zero-order chi connectivity index (χ0) is 23.1. The maximum atomic E-state index is 13.2. The average Bonchev–Trinajstić information content (AvgIpc) is 2.79. The molecule has 0 spiro atoms. The zero-order valence-corrected chi connectivity index (χ0v) is 19.1. The number of anilines is 1. The maximum absolute atomic E-state index is 13.2. The van der Waals surface area contributed by atoms with Gasteiger partial charge in [0.2, 0.25) is 15.9 Å². The highest BCUT2D eigenvalue weighted by atomic mass is 35.5. The summed E-state index contributed by atoms with van der Waals surface area (Å²) in [5.74, 6) is 0.159. The van der Waals surface area contributed by atoms with Gasteiger partial charge in [0, 0.05) is 16.8 Å². The van der Waals surface area contributed by atoms with Gasteiger partial charge in [-0.2, -0.15) is 4.72 Å². The van der Waals surface area contributed by atoms with E-state index in [1.54, 1.807) is 24.3 Å². The summed E-state index contributed by atoms with van der Waals surface area (Å²) in [6, 6.07) is 19.1. The van der Waals surface area contributed by atoms with Crippen LogP contribution in [0.2, 0.25) is 5.02 Å². The largest absolute Gasteiger partial charge is 0.497 e. The van der Waals surface area contributed by atoms with Crippen molar-refractivity contribution in [2.75, 3.05) is 19.5 Å². The Balaban J connectivity index is 1.92. The van der Waals surface area contributed by atoms with Crippen molar-refractivity contribution in [1.82, 2.24) is 4.72 Å². The molecule has 9 heteroatoms. The highest BCUT2D eigenvalue weighted by Gasteiger charge is 2.28. The molecule has 1 atom stereocenters. The van der Waals surface area contributed by atoms with Gasteiger partial charge in [-0.3, -0.25) is 4.79 Å². The van der Waals surface area contributed by atoms with Gasteiger partial charge in [-0.1, -0.05) is 48.0 Å². The van der Waals surface area contributed by atoms with Crippen LogP contribution >= 0.6 is 11.6 Å². The fraction of sp³-hybridized carbons (Fsp3) is 0.174. The number of ether oxygens (including phenoxy) is 2. The molecule has 0 radical (unpaired) electrons. The number of hydrogen-bond donors (Lipinski definition) is 2. The third-order valence-electron chi connectivity index (χ3n) is 4.65. The number of halogens is 1. The second-order valence-electron chi connectivity index (χ2n) is 6.88. The van der Waals surface area contributed by atoms with Crippen LogP contribution in [-0.2, 0) is 21.2 Å². The highest BCUT2D eigenvalue weighted by molar-refractivity contribution is 7.89. The van der Waals surface area contributed by atoms with Crippen LogP contribution in [0.15, 0.2) is 77.7 Å². The molecular weight excluding hydrogens is 452 g/mol. The molecule has 0 heterocycles. The molecule has 32 heavy (non-hydrogen) atoms. The Hall–Kier alpha value is -3.07. The summed E-state index contributed by atoms with van der Waals surface area (Å²) in [5.41, 5.74) is 1.27. The van der Waals surface area contributed by atoms with Crippen molar-refractivity contribution in [2.45, 2.75) is 17.4 Å². The van der Waals surface area contributed by atoms with Gasteiger partial charge in [0.25, 0.3) is 0 Å². The smallest absolute Gasteiger partial charge is 0.245 e. The third kappa shape index (κ3) is 6.00. The van der Waals surface area contributed by atoms with Gasteiger partial charge in [0.1, 0.15) is 22.4 Å². The van der Waals surface area contributed by atoms with Crippen LogP contribution < -0.4 is 19.5 Å². The SMILES string of the molecule is COc1cccc(NC(=O)C(Cc2ccccc2)NS(=O)(=O)c2cc(Cl)ccc2OC)c1. The molecular formula is C23H23ClN2O5S. The van der Waals surface area contributed by atoms with Gasteiger partial charge < -0.3 is 14.8 Å². The summed E-state index contributed by atoms with van der Waals surface area (Å²) in [6.07, 6.45) is 0.138. The Morgan fingerprint density at radius 3 is 2.41 bits per heavy atom. The number of nitrogens with one attached hydrogen (secondary N) is 2. The lowest BCUT2D eigenvalue weighted by molar-refractivity contribution is -0.117. The van der Waals surface area contributed by atoms with Crippen LogP contribution in [-0.4, -0.2) is 34.6 Å². The molecule has 2 N–H and O–H groups in total. The van der Waals surface area contributed by atoms with Crippen molar-refractivity contribution in [3.05, 3.63) is 83.4 Å². The topological polar surface area (TPSA) is 93.7 Å². The molecule has 0 aromatic heterocycles. The minimum Gasteiger partial charge on any atom is -0.497 e. The molecule has 0 aliphatic heterocycles. The van der Waals surface area contributed by atoms with Crippen molar-refractivity contribution in [3.63, 3.8) is 0 Å². The number of methoxy groups -OCH3 is 2. The van der Waals surface area contributed by atoms with E-state index in [-0.39, 0.29) is 22.1 Å².